The van der Waals surface area contributed by atoms with Crippen molar-refractivity contribution in [2.45, 2.75) is 36.9 Å². The molecule has 8 nitrogen and oxygen atoms in total. The molecule has 2 heterocycles. The first-order chi connectivity index (χ1) is 13.7. The molecule has 28 heavy (non-hydrogen) atoms. The van der Waals surface area contributed by atoms with E-state index in [9.17, 15) is 4.79 Å². The SMILES string of the molecule is COc1cccc(-n2cnnc2SCC(=O)Nc2ccnn2C2CCCC2)c1. The Morgan fingerprint density at radius 1 is 1.32 bits per heavy atom. The van der Waals surface area contributed by atoms with E-state index >= 15 is 0 Å². The number of thioether (sulfide) groups is 1. The van der Waals surface area contributed by atoms with Crippen LogP contribution in [0.2, 0.25) is 0 Å². The van der Waals surface area contributed by atoms with Crippen LogP contribution in [-0.4, -0.2) is 43.3 Å². The molecule has 0 saturated heterocycles. The first-order valence-corrected chi connectivity index (χ1v) is 10.2. The largest absolute Gasteiger partial charge is 0.497 e. The molecule has 0 radical (unpaired) electrons. The van der Waals surface area contributed by atoms with Gasteiger partial charge in [0.05, 0.1) is 30.8 Å². The van der Waals surface area contributed by atoms with Crippen LogP contribution in [0.15, 0.2) is 48.0 Å². The lowest BCUT2D eigenvalue weighted by Crippen LogP contribution is -2.19. The number of rotatable bonds is 7. The van der Waals surface area contributed by atoms with Crippen LogP contribution in [0.3, 0.4) is 0 Å². The number of aromatic nitrogens is 5. The van der Waals surface area contributed by atoms with E-state index < -0.39 is 0 Å². The predicted octanol–water partition coefficient (Wildman–Crippen LogP) is 3.32. The molecule has 146 valence electrons. The Hall–Kier alpha value is -2.81. The van der Waals surface area contributed by atoms with Crippen molar-refractivity contribution in [3.63, 3.8) is 0 Å². The second-order valence-electron chi connectivity index (χ2n) is 6.62. The third kappa shape index (κ3) is 4.04. The maximum absolute atomic E-state index is 12.5. The summed E-state index contributed by atoms with van der Waals surface area (Å²) in [4.78, 5) is 12.5. The zero-order valence-corrected chi connectivity index (χ0v) is 16.4. The average Bonchev–Trinajstić information content (AvgIpc) is 3.47. The summed E-state index contributed by atoms with van der Waals surface area (Å²) in [5.74, 6) is 1.65. The zero-order chi connectivity index (χ0) is 19.3. The number of nitrogens with one attached hydrogen (secondary N) is 1. The fourth-order valence-electron chi connectivity index (χ4n) is 3.42. The number of hydrogen-bond acceptors (Lipinski definition) is 6. The van der Waals surface area contributed by atoms with Gasteiger partial charge in [-0.25, -0.2) is 4.68 Å². The summed E-state index contributed by atoms with van der Waals surface area (Å²) >= 11 is 1.34. The fourth-order valence-corrected chi connectivity index (χ4v) is 4.15. The summed E-state index contributed by atoms with van der Waals surface area (Å²) in [6, 6.07) is 9.85. The number of amides is 1. The summed E-state index contributed by atoms with van der Waals surface area (Å²) in [5.41, 5.74) is 0.881. The Morgan fingerprint density at radius 2 is 2.18 bits per heavy atom. The fraction of sp³-hybridized carbons (Fsp3) is 0.368. The standard InChI is InChI=1S/C19H22N6O2S/c1-27-16-8-4-7-15(11-16)24-13-20-23-19(24)28-12-18(26)22-17-9-10-21-25(17)14-5-2-3-6-14/h4,7-11,13-14H,2-3,5-6,12H2,1H3,(H,22,26). The van der Waals surface area contributed by atoms with E-state index in [1.54, 1.807) is 19.6 Å². The highest BCUT2D eigenvalue weighted by Crippen LogP contribution is 2.31. The normalized spacial score (nSPS) is 14.3. The van der Waals surface area contributed by atoms with Crippen LogP contribution < -0.4 is 10.1 Å². The second kappa shape index (κ2) is 8.47. The van der Waals surface area contributed by atoms with Gasteiger partial charge >= 0.3 is 0 Å². The number of carbonyl (C=O) groups excluding carboxylic acids is 1. The minimum absolute atomic E-state index is 0.0926. The Bertz CT molecular complexity index is 947. The summed E-state index contributed by atoms with van der Waals surface area (Å²) < 4.78 is 9.05. The van der Waals surface area contributed by atoms with Crippen LogP contribution in [0.25, 0.3) is 5.69 Å². The Balaban J connectivity index is 1.40. The van der Waals surface area contributed by atoms with E-state index in [1.807, 2.05) is 39.6 Å². The van der Waals surface area contributed by atoms with E-state index in [-0.39, 0.29) is 11.7 Å². The quantitative estimate of drug-likeness (QED) is 0.615. The molecule has 0 bridgehead atoms. The molecule has 2 aromatic heterocycles. The highest BCUT2D eigenvalue weighted by molar-refractivity contribution is 7.99. The van der Waals surface area contributed by atoms with Gasteiger partial charge in [-0.3, -0.25) is 9.36 Å². The lowest BCUT2D eigenvalue weighted by molar-refractivity contribution is -0.113. The van der Waals surface area contributed by atoms with Crippen molar-refractivity contribution >= 4 is 23.5 Å². The van der Waals surface area contributed by atoms with E-state index in [1.165, 1.54) is 24.6 Å². The molecule has 1 aliphatic rings. The van der Waals surface area contributed by atoms with E-state index in [0.717, 1.165) is 30.1 Å². The molecule has 0 aliphatic heterocycles. The Labute approximate surface area is 167 Å². The van der Waals surface area contributed by atoms with Crippen molar-refractivity contribution in [1.29, 1.82) is 0 Å². The minimum Gasteiger partial charge on any atom is -0.497 e. The van der Waals surface area contributed by atoms with Crippen molar-refractivity contribution in [3.05, 3.63) is 42.9 Å². The minimum atomic E-state index is -0.0926. The van der Waals surface area contributed by atoms with Crippen LogP contribution >= 0.6 is 11.8 Å². The molecule has 1 fully saturated rings. The third-order valence-electron chi connectivity index (χ3n) is 4.79. The van der Waals surface area contributed by atoms with Crippen LogP contribution in [-0.2, 0) is 4.79 Å². The van der Waals surface area contributed by atoms with Gasteiger partial charge in [-0.2, -0.15) is 5.10 Å². The van der Waals surface area contributed by atoms with Gasteiger partial charge in [0.1, 0.15) is 17.9 Å². The summed E-state index contributed by atoms with van der Waals surface area (Å²) in [6.45, 7) is 0. The van der Waals surface area contributed by atoms with Gasteiger partial charge < -0.3 is 10.1 Å². The molecule has 1 saturated carbocycles. The first-order valence-electron chi connectivity index (χ1n) is 9.25. The summed E-state index contributed by atoms with van der Waals surface area (Å²) in [5, 5.41) is 16.1. The molecule has 1 N–H and O–H groups in total. The summed E-state index contributed by atoms with van der Waals surface area (Å²) in [7, 11) is 1.63. The molecule has 0 unspecified atom stereocenters. The highest BCUT2D eigenvalue weighted by Gasteiger charge is 2.20. The number of benzene rings is 1. The van der Waals surface area contributed by atoms with E-state index in [2.05, 4.69) is 20.6 Å². The van der Waals surface area contributed by atoms with Crippen molar-refractivity contribution in [2.24, 2.45) is 0 Å². The van der Waals surface area contributed by atoms with Gasteiger partial charge in [-0.1, -0.05) is 30.7 Å². The van der Waals surface area contributed by atoms with Gasteiger partial charge in [0.25, 0.3) is 0 Å². The van der Waals surface area contributed by atoms with Gasteiger partial charge in [0.2, 0.25) is 5.91 Å². The number of hydrogen-bond donors (Lipinski definition) is 1. The number of methoxy groups -OCH3 is 1. The molecule has 1 aromatic carbocycles. The van der Waals surface area contributed by atoms with Crippen molar-refractivity contribution in [3.8, 4) is 11.4 Å². The second-order valence-corrected chi connectivity index (χ2v) is 7.56. The van der Waals surface area contributed by atoms with Gasteiger partial charge in [-0.05, 0) is 25.0 Å². The van der Waals surface area contributed by atoms with Crippen LogP contribution in [0.1, 0.15) is 31.7 Å². The van der Waals surface area contributed by atoms with Crippen LogP contribution in [0, 0.1) is 0 Å². The zero-order valence-electron chi connectivity index (χ0n) is 15.6. The third-order valence-corrected chi connectivity index (χ3v) is 5.73. The van der Waals surface area contributed by atoms with E-state index in [4.69, 9.17) is 4.74 Å². The van der Waals surface area contributed by atoms with E-state index in [0.29, 0.717) is 11.2 Å². The summed E-state index contributed by atoms with van der Waals surface area (Å²) in [6.07, 6.45) is 8.03. The van der Waals surface area contributed by atoms with Crippen LogP contribution in [0.4, 0.5) is 5.82 Å². The molecule has 1 amide bonds. The molecule has 3 aromatic rings. The highest BCUT2D eigenvalue weighted by atomic mass is 32.2. The van der Waals surface area contributed by atoms with Gasteiger partial charge in [0.15, 0.2) is 5.16 Å². The van der Waals surface area contributed by atoms with Crippen LogP contribution in [0.5, 0.6) is 5.75 Å². The lowest BCUT2D eigenvalue weighted by atomic mass is 10.2. The maximum Gasteiger partial charge on any atom is 0.235 e. The number of nitrogens with zero attached hydrogens (tertiary/aromatic N) is 5. The predicted molar refractivity (Wildman–Crippen MR) is 107 cm³/mol. The maximum atomic E-state index is 12.5. The number of ether oxygens (including phenoxy) is 1. The topological polar surface area (TPSA) is 86.9 Å². The molecular weight excluding hydrogens is 376 g/mol. The van der Waals surface area contributed by atoms with Gasteiger partial charge in [0, 0.05) is 12.1 Å². The monoisotopic (exact) mass is 398 g/mol. The lowest BCUT2D eigenvalue weighted by Gasteiger charge is -2.14. The smallest absolute Gasteiger partial charge is 0.235 e. The van der Waals surface area contributed by atoms with Gasteiger partial charge in [-0.15, -0.1) is 10.2 Å². The van der Waals surface area contributed by atoms with Crippen molar-refractivity contribution in [1.82, 2.24) is 24.5 Å². The molecule has 4 rings (SSSR count). The molecule has 0 atom stereocenters. The molecule has 1 aliphatic carbocycles. The Morgan fingerprint density at radius 3 is 3.00 bits per heavy atom. The number of carbonyl (C=O) groups is 1. The molecule has 0 spiro atoms. The molecule has 9 heteroatoms. The first kappa shape index (κ1) is 18.5. The average molecular weight is 398 g/mol. The number of anilines is 1. The van der Waals surface area contributed by atoms with Crippen molar-refractivity contribution in [2.75, 3.05) is 18.2 Å². The molecular formula is C19H22N6O2S. The Kier molecular flexibility index (Phi) is 5.61. The van der Waals surface area contributed by atoms with Crippen molar-refractivity contribution < 1.29 is 9.53 Å².